The van der Waals surface area contributed by atoms with Crippen LogP contribution in [0, 0.1) is 11.8 Å². The van der Waals surface area contributed by atoms with Crippen molar-refractivity contribution < 1.29 is 19.4 Å². The Morgan fingerprint density at radius 3 is 3.08 bits per heavy atom. The normalized spacial score (nSPS) is 37.7. The highest BCUT2D eigenvalue weighted by atomic mass is 16.6. The van der Waals surface area contributed by atoms with Gasteiger partial charge in [0.05, 0.1) is 30.1 Å². The van der Waals surface area contributed by atoms with Crippen LogP contribution < -0.4 is 0 Å². The van der Waals surface area contributed by atoms with Crippen LogP contribution in [0.25, 0.3) is 0 Å². The highest BCUT2D eigenvalue weighted by molar-refractivity contribution is 5.75. The zero-order chi connectivity index (χ0) is 17.6. The van der Waals surface area contributed by atoms with E-state index in [9.17, 15) is 9.90 Å². The van der Waals surface area contributed by atoms with Crippen molar-refractivity contribution in [3.63, 3.8) is 0 Å². The minimum Gasteiger partial charge on any atom is -0.459 e. The summed E-state index contributed by atoms with van der Waals surface area (Å²) in [6.07, 6.45) is 9.57. The number of carbonyl (C=O) groups excluding carboxylic acids is 1. The van der Waals surface area contributed by atoms with Crippen molar-refractivity contribution in [1.82, 2.24) is 9.55 Å². The summed E-state index contributed by atoms with van der Waals surface area (Å²) in [5.74, 6) is -0.167. The SMILES string of the molecule is CC1=CCC[C@@]2(C)O[C@@H]2[C@H]2OC(=O)[C@@H](Cn3cnc(CO)c3)[C@@H]2CC1. The van der Waals surface area contributed by atoms with E-state index in [1.165, 1.54) is 5.57 Å². The Hall–Kier alpha value is -1.66. The quantitative estimate of drug-likeness (QED) is 0.516. The molecule has 6 heteroatoms. The van der Waals surface area contributed by atoms with Gasteiger partial charge >= 0.3 is 5.97 Å². The van der Waals surface area contributed by atoms with E-state index in [4.69, 9.17) is 9.47 Å². The number of nitrogens with zero attached hydrogens (tertiary/aromatic N) is 2. The van der Waals surface area contributed by atoms with E-state index in [0.29, 0.717) is 12.2 Å². The molecule has 0 unspecified atom stereocenters. The van der Waals surface area contributed by atoms with Crippen LogP contribution in [0.1, 0.15) is 45.2 Å². The Kier molecular flexibility index (Phi) is 4.20. The Morgan fingerprint density at radius 1 is 1.48 bits per heavy atom. The van der Waals surface area contributed by atoms with Crippen molar-refractivity contribution in [3.8, 4) is 0 Å². The summed E-state index contributed by atoms with van der Waals surface area (Å²) in [6, 6.07) is 0. The molecular formula is C19H26N2O4. The molecule has 0 bridgehead atoms. The molecule has 5 atom stereocenters. The number of aromatic nitrogens is 2. The second kappa shape index (κ2) is 6.25. The molecule has 1 aromatic heterocycles. The molecular weight excluding hydrogens is 320 g/mol. The van der Waals surface area contributed by atoms with Gasteiger partial charge in [0, 0.05) is 18.7 Å². The molecule has 0 amide bonds. The molecule has 0 saturated carbocycles. The molecule has 3 aliphatic rings. The molecule has 1 N–H and O–H groups in total. The summed E-state index contributed by atoms with van der Waals surface area (Å²) in [5.41, 5.74) is 1.83. The average molecular weight is 346 g/mol. The fourth-order valence-corrected chi connectivity index (χ4v) is 4.36. The fraction of sp³-hybridized carbons (Fsp3) is 0.684. The highest BCUT2D eigenvalue weighted by Crippen LogP contribution is 2.50. The van der Waals surface area contributed by atoms with E-state index < -0.39 is 0 Å². The van der Waals surface area contributed by atoms with E-state index in [1.807, 2.05) is 4.57 Å². The molecule has 0 radical (unpaired) electrons. The van der Waals surface area contributed by atoms with E-state index in [2.05, 4.69) is 24.9 Å². The molecule has 0 spiro atoms. The van der Waals surface area contributed by atoms with E-state index in [0.717, 1.165) is 25.7 Å². The molecule has 136 valence electrons. The van der Waals surface area contributed by atoms with E-state index in [-0.39, 0.29) is 42.2 Å². The lowest BCUT2D eigenvalue weighted by Gasteiger charge is -2.22. The lowest BCUT2D eigenvalue weighted by Crippen LogP contribution is -2.31. The minimum absolute atomic E-state index is 0.0223. The number of imidazole rings is 1. The largest absolute Gasteiger partial charge is 0.459 e. The number of allylic oxidation sites excluding steroid dienone is 2. The van der Waals surface area contributed by atoms with Crippen LogP contribution >= 0.6 is 0 Å². The van der Waals surface area contributed by atoms with Gasteiger partial charge in [-0.15, -0.1) is 0 Å². The molecule has 25 heavy (non-hydrogen) atoms. The number of epoxide rings is 1. The minimum atomic E-state index is -0.189. The number of hydrogen-bond acceptors (Lipinski definition) is 5. The van der Waals surface area contributed by atoms with Crippen molar-refractivity contribution in [2.24, 2.45) is 11.8 Å². The van der Waals surface area contributed by atoms with Gasteiger partial charge < -0.3 is 19.1 Å². The predicted octanol–water partition coefficient (Wildman–Crippen LogP) is 2.21. The lowest BCUT2D eigenvalue weighted by molar-refractivity contribution is -0.145. The summed E-state index contributed by atoms with van der Waals surface area (Å²) in [4.78, 5) is 16.7. The second-order valence-corrected chi connectivity index (χ2v) is 7.87. The van der Waals surface area contributed by atoms with E-state index in [1.54, 1.807) is 12.5 Å². The van der Waals surface area contributed by atoms with Crippen LogP contribution in [0.15, 0.2) is 24.2 Å². The van der Waals surface area contributed by atoms with Gasteiger partial charge in [-0.1, -0.05) is 11.6 Å². The number of esters is 1. The molecule has 4 rings (SSSR count). The number of aliphatic hydroxyl groups excluding tert-OH is 1. The number of rotatable bonds is 3. The topological polar surface area (TPSA) is 76.9 Å². The van der Waals surface area contributed by atoms with Crippen molar-refractivity contribution in [3.05, 3.63) is 29.9 Å². The maximum atomic E-state index is 12.6. The van der Waals surface area contributed by atoms with Gasteiger partial charge in [-0.2, -0.15) is 0 Å². The summed E-state index contributed by atoms with van der Waals surface area (Å²) in [7, 11) is 0. The Labute approximate surface area is 147 Å². The number of hydrogen-bond donors (Lipinski definition) is 1. The van der Waals surface area contributed by atoms with Crippen LogP contribution in [0.3, 0.4) is 0 Å². The maximum absolute atomic E-state index is 12.6. The smallest absolute Gasteiger partial charge is 0.311 e. The first kappa shape index (κ1) is 16.8. The van der Waals surface area contributed by atoms with Crippen LogP contribution in [-0.2, 0) is 27.4 Å². The molecule has 2 fully saturated rings. The zero-order valence-electron chi connectivity index (χ0n) is 14.9. The molecule has 6 nitrogen and oxygen atoms in total. The van der Waals surface area contributed by atoms with Crippen molar-refractivity contribution in [2.75, 3.05) is 0 Å². The molecule has 1 aromatic rings. The van der Waals surface area contributed by atoms with Crippen molar-refractivity contribution in [1.29, 1.82) is 0 Å². The maximum Gasteiger partial charge on any atom is 0.311 e. The van der Waals surface area contributed by atoms with E-state index >= 15 is 0 Å². The van der Waals surface area contributed by atoms with Gasteiger partial charge in [0.2, 0.25) is 0 Å². The van der Waals surface area contributed by atoms with Gasteiger partial charge in [-0.25, -0.2) is 4.98 Å². The van der Waals surface area contributed by atoms with Gasteiger partial charge in [-0.3, -0.25) is 4.79 Å². The Bertz CT molecular complexity index is 697. The number of ether oxygens (including phenoxy) is 2. The third-order valence-electron chi connectivity index (χ3n) is 5.99. The monoisotopic (exact) mass is 346 g/mol. The third-order valence-corrected chi connectivity index (χ3v) is 5.99. The van der Waals surface area contributed by atoms with Gasteiger partial charge in [0.25, 0.3) is 0 Å². The van der Waals surface area contributed by atoms with Crippen LogP contribution in [0.2, 0.25) is 0 Å². The van der Waals surface area contributed by atoms with Gasteiger partial charge in [0.1, 0.15) is 12.2 Å². The first-order valence-corrected chi connectivity index (χ1v) is 9.15. The molecule has 2 aliphatic heterocycles. The summed E-state index contributed by atoms with van der Waals surface area (Å²) < 4.78 is 13.7. The zero-order valence-corrected chi connectivity index (χ0v) is 14.9. The van der Waals surface area contributed by atoms with Gasteiger partial charge in [-0.05, 0) is 39.5 Å². The Morgan fingerprint density at radius 2 is 2.32 bits per heavy atom. The summed E-state index contributed by atoms with van der Waals surface area (Å²) >= 11 is 0. The third kappa shape index (κ3) is 3.13. The lowest BCUT2D eigenvalue weighted by atomic mass is 9.80. The summed E-state index contributed by atoms with van der Waals surface area (Å²) in [5, 5.41) is 9.19. The first-order chi connectivity index (χ1) is 12.0. The fourth-order valence-electron chi connectivity index (χ4n) is 4.36. The molecule has 0 aromatic carbocycles. The van der Waals surface area contributed by atoms with Crippen molar-refractivity contribution in [2.45, 2.75) is 70.5 Å². The number of aliphatic hydroxyl groups is 1. The van der Waals surface area contributed by atoms with Crippen LogP contribution in [0.4, 0.5) is 0 Å². The molecule has 1 aliphatic carbocycles. The van der Waals surface area contributed by atoms with Crippen molar-refractivity contribution >= 4 is 5.97 Å². The number of carbonyl (C=O) groups is 1. The standard InChI is InChI=1S/C19H26N2O4/c1-12-4-3-7-19(2)17(25-19)16-14(6-5-12)15(18(23)24-16)9-21-8-13(10-22)20-11-21/h4,8,11,14-17,22H,3,5-7,9-10H2,1-2H3/t14-,15-,16-,17+,19+/m0/s1. The highest BCUT2D eigenvalue weighted by Gasteiger charge is 2.62. The van der Waals surface area contributed by atoms with Gasteiger partial charge in [0.15, 0.2) is 0 Å². The second-order valence-electron chi connectivity index (χ2n) is 7.87. The molecule has 3 heterocycles. The Balaban J connectivity index is 1.57. The predicted molar refractivity (Wildman–Crippen MR) is 90.5 cm³/mol. The average Bonchev–Trinajstić information content (AvgIpc) is 2.92. The molecule has 2 saturated heterocycles. The summed E-state index contributed by atoms with van der Waals surface area (Å²) in [6.45, 7) is 4.75. The number of fused-ring (bicyclic) bond motifs is 3. The van der Waals surface area contributed by atoms with Crippen LogP contribution in [0.5, 0.6) is 0 Å². The first-order valence-electron chi connectivity index (χ1n) is 9.15. The van der Waals surface area contributed by atoms with Crippen LogP contribution in [-0.4, -0.2) is 38.4 Å².